The number of rotatable bonds is 1. The summed E-state index contributed by atoms with van der Waals surface area (Å²) in [4.78, 5) is 10.6. The van der Waals surface area contributed by atoms with Crippen LogP contribution in [0.25, 0.3) is 10.9 Å². The van der Waals surface area contributed by atoms with Crippen molar-refractivity contribution in [1.29, 1.82) is 0 Å². The Hall–Kier alpha value is -1.35. The number of halogens is 1. The van der Waals surface area contributed by atoms with Crippen molar-refractivity contribution in [1.82, 2.24) is 9.78 Å². The third-order valence-electron chi connectivity index (χ3n) is 1.95. The van der Waals surface area contributed by atoms with Crippen LogP contribution in [0.15, 0.2) is 18.2 Å². The third-order valence-corrected chi connectivity index (χ3v) is 2.40. The number of hydrogen-bond donors (Lipinski definition) is 0. The fourth-order valence-electron chi connectivity index (χ4n) is 1.30. The van der Waals surface area contributed by atoms with Crippen molar-refractivity contribution in [2.24, 2.45) is 7.05 Å². The number of fused-ring (bicyclic) bond motifs is 1. The van der Waals surface area contributed by atoms with Crippen LogP contribution in [0.5, 0.6) is 0 Å². The monoisotopic (exact) mass is 194 g/mol. The van der Waals surface area contributed by atoms with E-state index < -0.39 is 0 Å². The van der Waals surface area contributed by atoms with E-state index in [-0.39, 0.29) is 0 Å². The molecule has 0 fully saturated rings. The molecule has 1 aromatic carbocycles. The summed E-state index contributed by atoms with van der Waals surface area (Å²) in [5.74, 6) is 0. The van der Waals surface area contributed by atoms with Crippen LogP contribution in [-0.2, 0) is 7.05 Å². The molecule has 1 heterocycles. The van der Waals surface area contributed by atoms with Gasteiger partial charge < -0.3 is 0 Å². The molecular formula is C9H7ClN2O. The summed E-state index contributed by atoms with van der Waals surface area (Å²) in [5.41, 5.74) is 1.23. The number of carbonyl (C=O) groups is 1. The number of aryl methyl sites for hydroxylation is 1. The Bertz CT molecular complexity index is 476. The Morgan fingerprint density at radius 3 is 3.00 bits per heavy atom. The van der Waals surface area contributed by atoms with E-state index in [1.807, 2.05) is 6.07 Å². The van der Waals surface area contributed by atoms with Crippen molar-refractivity contribution in [2.45, 2.75) is 0 Å². The molecule has 0 spiro atoms. The summed E-state index contributed by atoms with van der Waals surface area (Å²) < 4.78 is 1.55. The molecule has 0 bridgehead atoms. The van der Waals surface area contributed by atoms with E-state index in [0.717, 1.165) is 11.7 Å². The molecule has 0 saturated heterocycles. The first-order valence-corrected chi connectivity index (χ1v) is 4.18. The zero-order valence-corrected chi connectivity index (χ0v) is 7.75. The van der Waals surface area contributed by atoms with Crippen LogP contribution >= 0.6 is 11.6 Å². The van der Waals surface area contributed by atoms with Crippen LogP contribution in [0.1, 0.15) is 10.4 Å². The van der Waals surface area contributed by atoms with Gasteiger partial charge in [0.1, 0.15) is 10.7 Å². The average Bonchev–Trinajstić information content (AvgIpc) is 2.43. The second-order valence-corrected chi connectivity index (χ2v) is 3.13. The average molecular weight is 195 g/mol. The summed E-state index contributed by atoms with van der Waals surface area (Å²) in [5, 5.41) is 5.50. The molecule has 0 saturated carbocycles. The lowest BCUT2D eigenvalue weighted by Crippen LogP contribution is -1.89. The van der Waals surface area contributed by atoms with E-state index in [1.165, 1.54) is 0 Å². The predicted molar refractivity (Wildman–Crippen MR) is 51.1 cm³/mol. The van der Waals surface area contributed by atoms with Gasteiger partial charge in [-0.2, -0.15) is 5.10 Å². The number of nitrogens with zero attached hydrogens (tertiary/aromatic N) is 2. The number of hydrogen-bond acceptors (Lipinski definition) is 2. The van der Waals surface area contributed by atoms with Crippen LogP contribution in [0.2, 0.25) is 5.15 Å². The van der Waals surface area contributed by atoms with Crippen molar-refractivity contribution in [3.05, 3.63) is 28.9 Å². The molecule has 13 heavy (non-hydrogen) atoms. The van der Waals surface area contributed by atoms with Gasteiger partial charge in [-0.1, -0.05) is 17.7 Å². The summed E-state index contributed by atoms with van der Waals surface area (Å²) >= 11 is 5.96. The van der Waals surface area contributed by atoms with Crippen LogP contribution < -0.4 is 0 Å². The lowest BCUT2D eigenvalue weighted by atomic mass is 10.2. The fourth-order valence-corrected chi connectivity index (χ4v) is 1.49. The van der Waals surface area contributed by atoms with Crippen LogP contribution in [0.3, 0.4) is 0 Å². The van der Waals surface area contributed by atoms with Gasteiger partial charge in [0.25, 0.3) is 0 Å². The fraction of sp³-hybridized carbons (Fsp3) is 0.111. The molecule has 3 nitrogen and oxygen atoms in total. The number of carbonyl (C=O) groups excluding carboxylic acids is 1. The van der Waals surface area contributed by atoms with E-state index in [9.17, 15) is 4.79 Å². The van der Waals surface area contributed by atoms with Crippen LogP contribution in [0.4, 0.5) is 0 Å². The van der Waals surface area contributed by atoms with Gasteiger partial charge in [0.2, 0.25) is 0 Å². The molecular weight excluding hydrogens is 188 g/mol. The Morgan fingerprint density at radius 1 is 1.54 bits per heavy atom. The molecule has 0 aliphatic heterocycles. The highest BCUT2D eigenvalue weighted by Crippen LogP contribution is 2.23. The van der Waals surface area contributed by atoms with Gasteiger partial charge in [0.15, 0.2) is 6.29 Å². The standard InChI is InChI=1S/C9H7ClN2O/c1-12-9(10)7-4-2-3-6(5-13)8(7)11-12/h2-5H,1H3. The molecule has 0 N–H and O–H groups in total. The smallest absolute Gasteiger partial charge is 0.152 e. The van der Waals surface area contributed by atoms with E-state index in [1.54, 1.807) is 23.9 Å². The molecule has 0 radical (unpaired) electrons. The van der Waals surface area contributed by atoms with Gasteiger partial charge in [-0.15, -0.1) is 0 Å². The summed E-state index contributed by atoms with van der Waals surface area (Å²) in [7, 11) is 1.75. The Kier molecular flexibility index (Phi) is 1.81. The third kappa shape index (κ3) is 1.12. The minimum absolute atomic E-state index is 0.554. The lowest BCUT2D eigenvalue weighted by molar-refractivity contribution is 0.112. The molecule has 0 atom stereocenters. The summed E-state index contributed by atoms with van der Waals surface area (Å²) in [6, 6.07) is 5.36. The second-order valence-electron chi connectivity index (χ2n) is 2.78. The van der Waals surface area contributed by atoms with Gasteiger partial charge in [-0.25, -0.2) is 0 Å². The molecule has 0 aliphatic carbocycles. The highest BCUT2D eigenvalue weighted by atomic mass is 35.5. The van der Waals surface area contributed by atoms with Crippen molar-refractivity contribution >= 4 is 28.8 Å². The van der Waals surface area contributed by atoms with Gasteiger partial charge in [-0.3, -0.25) is 9.48 Å². The topological polar surface area (TPSA) is 34.9 Å². The SMILES string of the molecule is Cn1nc2c(C=O)cccc2c1Cl. The second kappa shape index (κ2) is 2.85. The van der Waals surface area contributed by atoms with Gasteiger partial charge in [0.05, 0.1) is 0 Å². The van der Waals surface area contributed by atoms with Gasteiger partial charge in [-0.05, 0) is 12.1 Å². The summed E-state index contributed by atoms with van der Waals surface area (Å²) in [6.07, 6.45) is 0.783. The van der Waals surface area contributed by atoms with E-state index in [4.69, 9.17) is 11.6 Å². The molecule has 2 aromatic rings. The highest BCUT2D eigenvalue weighted by molar-refractivity contribution is 6.34. The maximum Gasteiger partial charge on any atom is 0.152 e. The highest BCUT2D eigenvalue weighted by Gasteiger charge is 2.08. The first-order valence-electron chi connectivity index (χ1n) is 3.80. The van der Waals surface area contributed by atoms with Crippen LogP contribution in [0, 0.1) is 0 Å². The normalized spacial score (nSPS) is 10.6. The first-order chi connectivity index (χ1) is 6.24. The first kappa shape index (κ1) is 8.26. The zero-order chi connectivity index (χ0) is 9.42. The molecule has 0 unspecified atom stereocenters. The van der Waals surface area contributed by atoms with Crippen molar-refractivity contribution in [3.63, 3.8) is 0 Å². The van der Waals surface area contributed by atoms with E-state index >= 15 is 0 Å². The molecule has 4 heteroatoms. The Labute approximate surface area is 79.9 Å². The van der Waals surface area contributed by atoms with E-state index in [0.29, 0.717) is 16.2 Å². The largest absolute Gasteiger partial charge is 0.298 e. The molecule has 66 valence electrons. The Morgan fingerprint density at radius 2 is 2.31 bits per heavy atom. The van der Waals surface area contributed by atoms with Crippen molar-refractivity contribution in [2.75, 3.05) is 0 Å². The van der Waals surface area contributed by atoms with E-state index in [2.05, 4.69) is 5.10 Å². The number of benzene rings is 1. The lowest BCUT2D eigenvalue weighted by Gasteiger charge is -1.90. The zero-order valence-electron chi connectivity index (χ0n) is 6.99. The van der Waals surface area contributed by atoms with Gasteiger partial charge >= 0.3 is 0 Å². The van der Waals surface area contributed by atoms with Crippen molar-refractivity contribution in [3.8, 4) is 0 Å². The molecule has 2 rings (SSSR count). The predicted octanol–water partition coefficient (Wildman–Crippen LogP) is 2.04. The number of aromatic nitrogens is 2. The van der Waals surface area contributed by atoms with Gasteiger partial charge in [0, 0.05) is 18.0 Å². The summed E-state index contributed by atoms with van der Waals surface area (Å²) in [6.45, 7) is 0. The Balaban J connectivity index is 2.92. The maximum absolute atomic E-state index is 10.6. The van der Waals surface area contributed by atoms with Crippen LogP contribution in [-0.4, -0.2) is 16.1 Å². The molecule has 1 aromatic heterocycles. The molecule has 0 amide bonds. The molecule has 0 aliphatic rings. The quantitative estimate of drug-likeness (QED) is 0.652. The number of aldehydes is 1. The maximum atomic E-state index is 10.6. The minimum atomic E-state index is 0.554. The minimum Gasteiger partial charge on any atom is -0.298 e. The van der Waals surface area contributed by atoms with Crippen molar-refractivity contribution < 1.29 is 4.79 Å².